The molecule has 4 rings (SSSR count). The number of unbranched alkanes of at least 4 members (excludes halogenated alkanes) is 1. The van der Waals surface area contributed by atoms with E-state index in [0.29, 0.717) is 19.4 Å². The Morgan fingerprint density at radius 3 is 1.87 bits per heavy atom. The fourth-order valence-electron chi connectivity index (χ4n) is 5.44. The Hall–Kier alpha value is -4.68. The number of aromatic amines is 2. The van der Waals surface area contributed by atoms with E-state index < -0.39 is 47.9 Å². The van der Waals surface area contributed by atoms with Gasteiger partial charge in [-0.2, -0.15) is 0 Å². The Morgan fingerprint density at radius 2 is 1.31 bits per heavy atom. The second-order valence-corrected chi connectivity index (χ2v) is 11.7. The van der Waals surface area contributed by atoms with Crippen LogP contribution in [0.5, 0.6) is 0 Å². The summed E-state index contributed by atoms with van der Waals surface area (Å²) in [7, 11) is 0. The molecule has 12 heteroatoms. The smallest absolute Gasteiger partial charge is 0.326 e. The molecular weight excluding hydrogens is 574 g/mol. The van der Waals surface area contributed by atoms with Crippen molar-refractivity contribution in [2.45, 2.75) is 70.1 Å². The van der Waals surface area contributed by atoms with Crippen molar-refractivity contribution in [3.05, 3.63) is 72.1 Å². The van der Waals surface area contributed by atoms with Crippen molar-refractivity contribution in [2.24, 2.45) is 17.4 Å². The monoisotopic (exact) mass is 617 g/mol. The van der Waals surface area contributed by atoms with E-state index in [1.165, 1.54) is 0 Å². The van der Waals surface area contributed by atoms with Crippen LogP contribution in [0.25, 0.3) is 21.8 Å². The summed E-state index contributed by atoms with van der Waals surface area (Å²) in [6.07, 6.45) is 5.27. The first-order valence-electron chi connectivity index (χ1n) is 15.3. The zero-order chi connectivity index (χ0) is 32.5. The molecular formula is C33H43N7O5. The number of carbonyl (C=O) groups is 4. The van der Waals surface area contributed by atoms with Crippen LogP contribution in [0.4, 0.5) is 0 Å². The van der Waals surface area contributed by atoms with Gasteiger partial charge in [0.2, 0.25) is 17.7 Å². The summed E-state index contributed by atoms with van der Waals surface area (Å²) in [4.78, 5) is 58.7. The number of para-hydroxylation sites is 2. The van der Waals surface area contributed by atoms with Gasteiger partial charge in [-0.05, 0) is 61.4 Å². The molecule has 3 amide bonds. The number of rotatable bonds is 16. The summed E-state index contributed by atoms with van der Waals surface area (Å²) < 4.78 is 0. The highest BCUT2D eigenvalue weighted by Gasteiger charge is 2.32. The molecule has 0 aliphatic carbocycles. The highest BCUT2D eigenvalue weighted by atomic mass is 16.4. The summed E-state index contributed by atoms with van der Waals surface area (Å²) >= 11 is 0. The summed E-state index contributed by atoms with van der Waals surface area (Å²) in [6.45, 7) is 3.97. The molecule has 0 saturated heterocycles. The molecule has 4 unspecified atom stereocenters. The molecule has 0 aliphatic rings. The van der Waals surface area contributed by atoms with Crippen LogP contribution >= 0.6 is 0 Å². The molecule has 0 saturated carbocycles. The van der Waals surface area contributed by atoms with Gasteiger partial charge in [-0.3, -0.25) is 14.4 Å². The van der Waals surface area contributed by atoms with Gasteiger partial charge in [-0.25, -0.2) is 4.79 Å². The molecule has 12 nitrogen and oxygen atoms in total. The topological polar surface area (TPSA) is 208 Å². The van der Waals surface area contributed by atoms with Crippen LogP contribution in [0, 0.1) is 5.92 Å². The standard InChI is InChI=1S/C33H43N7O5/c1-19(2)29(40-30(41)24(35)15-20-17-36-25-11-5-3-9-22(20)25)32(43)39-28(16-21-18-37-26-12-6-4-10-23(21)26)31(42)38-27(33(44)45)13-7-8-14-34/h3-6,9-12,17-19,24,27-29,36-37H,7-8,13-16,34-35H2,1-2H3,(H,38,42)(H,39,43)(H,40,41)(H,44,45). The van der Waals surface area contributed by atoms with Crippen molar-refractivity contribution in [2.75, 3.05) is 6.54 Å². The average molecular weight is 618 g/mol. The number of hydrogen-bond donors (Lipinski definition) is 8. The van der Waals surface area contributed by atoms with Crippen molar-refractivity contribution < 1.29 is 24.3 Å². The van der Waals surface area contributed by atoms with Crippen molar-refractivity contribution in [3.63, 3.8) is 0 Å². The quantitative estimate of drug-likeness (QED) is 0.0877. The SMILES string of the molecule is CC(C)C(NC(=O)C(N)Cc1c[nH]c2ccccc12)C(=O)NC(Cc1c[nH]c2ccccc12)C(=O)NC(CCCCN)C(=O)O. The Bertz CT molecular complexity index is 1630. The van der Waals surface area contributed by atoms with Crippen LogP contribution in [0.15, 0.2) is 60.9 Å². The summed E-state index contributed by atoms with van der Waals surface area (Å²) in [5.74, 6) is -3.23. The highest BCUT2D eigenvalue weighted by Crippen LogP contribution is 2.21. The van der Waals surface area contributed by atoms with E-state index in [2.05, 4.69) is 25.9 Å². The van der Waals surface area contributed by atoms with E-state index in [1.54, 1.807) is 20.0 Å². The number of nitrogens with one attached hydrogen (secondary N) is 5. The maximum Gasteiger partial charge on any atom is 0.326 e. The van der Waals surface area contributed by atoms with E-state index in [-0.39, 0.29) is 25.2 Å². The first-order valence-corrected chi connectivity index (χ1v) is 15.3. The summed E-state index contributed by atoms with van der Waals surface area (Å²) in [5, 5.41) is 19.7. The number of nitrogens with two attached hydrogens (primary N) is 2. The maximum absolute atomic E-state index is 13.7. The zero-order valence-corrected chi connectivity index (χ0v) is 25.6. The van der Waals surface area contributed by atoms with Gasteiger partial charge >= 0.3 is 5.97 Å². The minimum atomic E-state index is -1.17. The number of carboxylic acid groups (broad SMARTS) is 1. The number of aliphatic carboxylic acids is 1. The number of aromatic nitrogens is 2. The lowest BCUT2D eigenvalue weighted by atomic mass is 9.99. The third-order valence-electron chi connectivity index (χ3n) is 7.99. The molecule has 2 aromatic heterocycles. The predicted molar refractivity (Wildman–Crippen MR) is 173 cm³/mol. The number of H-pyrrole nitrogens is 2. The number of amides is 3. The predicted octanol–water partition coefficient (Wildman–Crippen LogP) is 2.09. The maximum atomic E-state index is 13.7. The molecule has 2 aromatic carbocycles. The third kappa shape index (κ3) is 8.49. The van der Waals surface area contributed by atoms with Crippen LogP contribution in [0.3, 0.4) is 0 Å². The second-order valence-electron chi connectivity index (χ2n) is 11.7. The van der Waals surface area contributed by atoms with Gasteiger partial charge in [0, 0.05) is 40.6 Å². The van der Waals surface area contributed by atoms with E-state index in [9.17, 15) is 24.3 Å². The molecule has 4 aromatic rings. The molecule has 240 valence electrons. The number of carbonyl (C=O) groups excluding carboxylic acids is 3. The molecule has 0 bridgehead atoms. The van der Waals surface area contributed by atoms with Crippen molar-refractivity contribution in [1.82, 2.24) is 25.9 Å². The van der Waals surface area contributed by atoms with Gasteiger partial charge in [0.1, 0.15) is 18.1 Å². The first kappa shape index (κ1) is 33.2. The summed E-state index contributed by atoms with van der Waals surface area (Å²) in [5.41, 5.74) is 15.3. The van der Waals surface area contributed by atoms with Crippen molar-refractivity contribution in [1.29, 1.82) is 0 Å². The second kappa shape index (κ2) is 15.4. The molecule has 2 heterocycles. The van der Waals surface area contributed by atoms with Crippen LogP contribution < -0.4 is 27.4 Å². The molecule has 0 fully saturated rings. The van der Waals surface area contributed by atoms with Gasteiger partial charge in [0.15, 0.2) is 0 Å². The van der Waals surface area contributed by atoms with Crippen LogP contribution in [-0.4, -0.2) is 69.5 Å². The highest BCUT2D eigenvalue weighted by molar-refractivity contribution is 5.95. The van der Waals surface area contributed by atoms with Crippen LogP contribution in [0.2, 0.25) is 0 Å². The number of hydrogen-bond acceptors (Lipinski definition) is 6. The molecule has 0 spiro atoms. The summed E-state index contributed by atoms with van der Waals surface area (Å²) in [6, 6.07) is 11.1. The molecule has 0 radical (unpaired) electrons. The zero-order valence-electron chi connectivity index (χ0n) is 25.6. The van der Waals surface area contributed by atoms with E-state index in [1.807, 2.05) is 54.7 Å². The van der Waals surface area contributed by atoms with Crippen molar-refractivity contribution >= 4 is 45.5 Å². The molecule has 0 aliphatic heterocycles. The Morgan fingerprint density at radius 1 is 0.756 bits per heavy atom. The normalized spacial score (nSPS) is 14.2. The van der Waals surface area contributed by atoms with E-state index >= 15 is 0 Å². The van der Waals surface area contributed by atoms with Gasteiger partial charge in [-0.15, -0.1) is 0 Å². The van der Waals surface area contributed by atoms with Crippen LogP contribution in [0.1, 0.15) is 44.2 Å². The van der Waals surface area contributed by atoms with Gasteiger partial charge in [-0.1, -0.05) is 50.2 Å². The molecule has 4 atom stereocenters. The van der Waals surface area contributed by atoms with Crippen molar-refractivity contribution in [3.8, 4) is 0 Å². The first-order chi connectivity index (χ1) is 21.6. The lowest BCUT2D eigenvalue weighted by Crippen LogP contribution is -2.59. The molecule has 45 heavy (non-hydrogen) atoms. The van der Waals surface area contributed by atoms with Crippen LogP contribution in [-0.2, 0) is 32.0 Å². The Labute approximate surface area is 261 Å². The Balaban J connectivity index is 1.50. The number of carboxylic acids is 1. The minimum Gasteiger partial charge on any atom is -0.480 e. The fourth-order valence-corrected chi connectivity index (χ4v) is 5.44. The van der Waals surface area contributed by atoms with E-state index in [0.717, 1.165) is 32.9 Å². The minimum absolute atomic E-state index is 0.0928. The Kier molecular flexibility index (Phi) is 11.3. The van der Waals surface area contributed by atoms with Gasteiger partial charge in [0.25, 0.3) is 0 Å². The lowest BCUT2D eigenvalue weighted by Gasteiger charge is -2.27. The lowest BCUT2D eigenvalue weighted by molar-refractivity contribution is -0.142. The van der Waals surface area contributed by atoms with E-state index in [4.69, 9.17) is 11.5 Å². The molecule has 10 N–H and O–H groups in total. The number of fused-ring (bicyclic) bond motifs is 2. The van der Waals surface area contributed by atoms with Gasteiger partial charge in [0.05, 0.1) is 6.04 Å². The fraction of sp³-hybridized carbons (Fsp3) is 0.394. The largest absolute Gasteiger partial charge is 0.480 e. The number of benzene rings is 2. The van der Waals surface area contributed by atoms with Gasteiger partial charge < -0.3 is 42.5 Å². The average Bonchev–Trinajstić information content (AvgIpc) is 3.62. The third-order valence-corrected chi connectivity index (χ3v) is 7.99.